The van der Waals surface area contributed by atoms with Crippen molar-refractivity contribution in [1.29, 1.82) is 0 Å². The molecule has 0 spiro atoms. The number of benzene rings is 2. The first-order chi connectivity index (χ1) is 13.1. The zero-order chi connectivity index (χ0) is 19.0. The molecule has 1 amide bonds. The van der Waals surface area contributed by atoms with Gasteiger partial charge in [-0.3, -0.25) is 9.59 Å². The maximum Gasteiger partial charge on any atom is 0.260 e. The fraction of sp³-hybridized carbons (Fsp3) is 0.0476. The summed E-state index contributed by atoms with van der Waals surface area (Å²) in [5, 5.41) is 15.8. The number of fused-ring (bicyclic) bond motifs is 1. The number of aromatic nitrogens is 1. The van der Waals surface area contributed by atoms with E-state index in [9.17, 15) is 14.7 Å². The Morgan fingerprint density at radius 2 is 1.81 bits per heavy atom. The highest BCUT2D eigenvalue weighted by atomic mass is 32.1. The zero-order valence-corrected chi connectivity index (χ0v) is 15.3. The van der Waals surface area contributed by atoms with E-state index in [0.717, 1.165) is 16.0 Å². The first kappa shape index (κ1) is 17.1. The van der Waals surface area contributed by atoms with Crippen LogP contribution in [0.2, 0.25) is 0 Å². The average molecular weight is 376 g/mol. The van der Waals surface area contributed by atoms with E-state index in [-0.39, 0.29) is 22.8 Å². The summed E-state index contributed by atoms with van der Waals surface area (Å²) in [4.78, 5) is 27.6. The quantitative estimate of drug-likeness (QED) is 0.506. The van der Waals surface area contributed by atoms with Crippen molar-refractivity contribution in [2.75, 3.05) is 7.05 Å². The van der Waals surface area contributed by atoms with E-state index in [1.807, 2.05) is 41.8 Å². The summed E-state index contributed by atoms with van der Waals surface area (Å²) in [6.07, 6.45) is 0. The average Bonchev–Trinajstić information content (AvgIpc) is 3.21. The molecular weight excluding hydrogens is 360 g/mol. The van der Waals surface area contributed by atoms with E-state index >= 15 is 0 Å². The molecule has 0 radical (unpaired) electrons. The number of thiophene rings is 1. The molecule has 0 saturated carbocycles. The van der Waals surface area contributed by atoms with Crippen LogP contribution < -0.4 is 10.9 Å². The summed E-state index contributed by atoms with van der Waals surface area (Å²) < 4.78 is 0. The lowest BCUT2D eigenvalue weighted by Crippen LogP contribution is -2.17. The molecule has 2 heterocycles. The molecular formula is C21H16N2O3S. The van der Waals surface area contributed by atoms with E-state index in [4.69, 9.17) is 0 Å². The molecule has 4 aromatic rings. The molecule has 0 atom stereocenters. The number of hydrogen-bond acceptors (Lipinski definition) is 4. The molecule has 5 nitrogen and oxygen atoms in total. The van der Waals surface area contributed by atoms with Crippen LogP contribution in [0.4, 0.5) is 0 Å². The minimum absolute atomic E-state index is 0.0277. The predicted octanol–water partition coefficient (Wildman–Crippen LogP) is 3.99. The lowest BCUT2D eigenvalue weighted by atomic mass is 10.0. The molecule has 27 heavy (non-hydrogen) atoms. The normalized spacial score (nSPS) is 10.9. The van der Waals surface area contributed by atoms with Crippen LogP contribution in [0.5, 0.6) is 5.75 Å². The Bertz CT molecular complexity index is 1190. The van der Waals surface area contributed by atoms with E-state index in [1.165, 1.54) is 11.3 Å². The Kier molecular flexibility index (Phi) is 4.25. The van der Waals surface area contributed by atoms with E-state index in [2.05, 4.69) is 10.3 Å². The standard InChI is InChI=1S/C21H16N2O3S/c1-22-20(25)13-6-4-12(5-7-13)14-8-9-16-15(11-14)19(24)18(21(26)23-16)17-3-2-10-27-17/h2-11H,1H3,(H,22,25)(H2,23,24,26). The summed E-state index contributed by atoms with van der Waals surface area (Å²) in [5.41, 5.74) is 2.91. The number of amides is 1. The van der Waals surface area contributed by atoms with E-state index in [1.54, 1.807) is 25.2 Å². The molecule has 2 aromatic heterocycles. The molecule has 0 aliphatic carbocycles. The zero-order valence-electron chi connectivity index (χ0n) is 14.4. The number of rotatable bonds is 3. The largest absolute Gasteiger partial charge is 0.506 e. The van der Waals surface area contributed by atoms with Gasteiger partial charge in [0.2, 0.25) is 0 Å². The lowest BCUT2D eigenvalue weighted by molar-refractivity contribution is 0.0963. The van der Waals surface area contributed by atoms with Gasteiger partial charge in [-0.1, -0.05) is 24.3 Å². The maximum absolute atomic E-state index is 12.4. The van der Waals surface area contributed by atoms with E-state index < -0.39 is 0 Å². The molecule has 0 saturated heterocycles. The molecule has 0 fully saturated rings. The van der Waals surface area contributed by atoms with Crippen molar-refractivity contribution in [3.63, 3.8) is 0 Å². The minimum Gasteiger partial charge on any atom is -0.506 e. The Labute approximate surface area is 158 Å². The molecule has 0 bridgehead atoms. The molecule has 0 unspecified atom stereocenters. The smallest absolute Gasteiger partial charge is 0.260 e. The van der Waals surface area contributed by atoms with Gasteiger partial charge in [-0.05, 0) is 46.8 Å². The number of H-pyrrole nitrogens is 1. The van der Waals surface area contributed by atoms with Gasteiger partial charge in [-0.2, -0.15) is 0 Å². The van der Waals surface area contributed by atoms with Crippen LogP contribution in [0.15, 0.2) is 64.8 Å². The third-order valence-corrected chi connectivity index (χ3v) is 5.35. The summed E-state index contributed by atoms with van der Waals surface area (Å²) in [5.74, 6) is -0.170. The minimum atomic E-state index is -0.315. The lowest BCUT2D eigenvalue weighted by Gasteiger charge is -2.09. The van der Waals surface area contributed by atoms with Gasteiger partial charge in [0.15, 0.2) is 0 Å². The summed E-state index contributed by atoms with van der Waals surface area (Å²) in [6, 6.07) is 16.4. The Balaban J connectivity index is 1.84. The van der Waals surface area contributed by atoms with Gasteiger partial charge in [-0.25, -0.2) is 0 Å². The predicted molar refractivity (Wildman–Crippen MR) is 108 cm³/mol. The fourth-order valence-corrected chi connectivity index (χ4v) is 3.83. The molecule has 2 aromatic carbocycles. The Morgan fingerprint density at radius 1 is 1.07 bits per heavy atom. The molecule has 0 aliphatic heterocycles. The van der Waals surface area contributed by atoms with Gasteiger partial charge >= 0.3 is 0 Å². The molecule has 134 valence electrons. The highest BCUT2D eigenvalue weighted by Crippen LogP contribution is 2.36. The third kappa shape index (κ3) is 3.00. The number of aromatic amines is 1. The van der Waals surface area contributed by atoms with Gasteiger partial charge < -0.3 is 15.4 Å². The second-order valence-corrected chi connectivity index (χ2v) is 7.02. The van der Waals surface area contributed by atoms with Crippen LogP contribution in [-0.4, -0.2) is 23.0 Å². The van der Waals surface area contributed by atoms with Gasteiger partial charge in [0.25, 0.3) is 11.5 Å². The second-order valence-electron chi connectivity index (χ2n) is 6.07. The van der Waals surface area contributed by atoms with Crippen LogP contribution in [0.25, 0.3) is 32.5 Å². The fourth-order valence-electron chi connectivity index (χ4n) is 3.06. The number of hydrogen-bond donors (Lipinski definition) is 3. The number of pyridine rings is 1. The highest BCUT2D eigenvalue weighted by molar-refractivity contribution is 7.13. The van der Waals surface area contributed by atoms with Gasteiger partial charge in [-0.15, -0.1) is 11.3 Å². The van der Waals surface area contributed by atoms with Crippen molar-refractivity contribution in [3.05, 3.63) is 75.9 Å². The number of nitrogens with one attached hydrogen (secondary N) is 2. The second kappa shape index (κ2) is 6.74. The number of carbonyl (C=O) groups excluding carboxylic acids is 1. The molecule has 3 N–H and O–H groups in total. The van der Waals surface area contributed by atoms with Crippen LogP contribution >= 0.6 is 11.3 Å². The first-order valence-corrected chi connectivity index (χ1v) is 9.22. The van der Waals surface area contributed by atoms with Crippen molar-refractivity contribution in [1.82, 2.24) is 10.3 Å². The monoisotopic (exact) mass is 376 g/mol. The van der Waals surface area contributed by atoms with Gasteiger partial charge in [0.05, 0.1) is 11.1 Å². The topological polar surface area (TPSA) is 82.2 Å². The van der Waals surface area contributed by atoms with Crippen molar-refractivity contribution >= 4 is 28.1 Å². The highest BCUT2D eigenvalue weighted by Gasteiger charge is 2.15. The maximum atomic E-state index is 12.4. The van der Waals surface area contributed by atoms with Crippen molar-refractivity contribution in [2.45, 2.75) is 0 Å². The third-order valence-electron chi connectivity index (χ3n) is 4.46. The van der Waals surface area contributed by atoms with Gasteiger partial charge in [0, 0.05) is 22.9 Å². The van der Waals surface area contributed by atoms with Crippen LogP contribution in [0.3, 0.4) is 0 Å². The van der Waals surface area contributed by atoms with Crippen molar-refractivity contribution in [3.8, 4) is 27.3 Å². The number of aromatic hydroxyl groups is 1. The Hall–Kier alpha value is -3.38. The van der Waals surface area contributed by atoms with Crippen LogP contribution in [-0.2, 0) is 0 Å². The number of carbonyl (C=O) groups is 1. The van der Waals surface area contributed by atoms with Crippen LogP contribution in [0.1, 0.15) is 10.4 Å². The van der Waals surface area contributed by atoms with E-state index in [0.29, 0.717) is 16.5 Å². The summed E-state index contributed by atoms with van der Waals surface area (Å²) in [7, 11) is 1.59. The SMILES string of the molecule is CNC(=O)c1ccc(-c2ccc3[nH]c(=O)c(-c4cccs4)c(O)c3c2)cc1. The molecule has 4 rings (SSSR count). The van der Waals surface area contributed by atoms with Crippen LogP contribution in [0, 0.1) is 0 Å². The summed E-state index contributed by atoms with van der Waals surface area (Å²) >= 11 is 1.40. The van der Waals surface area contributed by atoms with Crippen molar-refractivity contribution < 1.29 is 9.90 Å². The van der Waals surface area contributed by atoms with Crippen molar-refractivity contribution in [2.24, 2.45) is 0 Å². The first-order valence-electron chi connectivity index (χ1n) is 8.34. The molecule has 0 aliphatic rings. The summed E-state index contributed by atoms with van der Waals surface area (Å²) in [6.45, 7) is 0. The Morgan fingerprint density at radius 3 is 2.48 bits per heavy atom. The molecule has 6 heteroatoms. The van der Waals surface area contributed by atoms with Gasteiger partial charge in [0.1, 0.15) is 5.75 Å².